The number of rotatable bonds is 9. The first kappa shape index (κ1) is 25.4. The molecule has 0 radical (unpaired) electrons. The lowest BCUT2D eigenvalue weighted by Crippen LogP contribution is -2.41. The van der Waals surface area contributed by atoms with Gasteiger partial charge in [0.25, 0.3) is 0 Å². The lowest BCUT2D eigenvalue weighted by Gasteiger charge is -2.21. The van der Waals surface area contributed by atoms with Crippen LogP contribution in [0.4, 0.5) is 20.6 Å². The number of benzene rings is 2. The Kier molecular flexibility index (Phi) is 8.04. The molecule has 9 nitrogen and oxygen atoms in total. The van der Waals surface area contributed by atoms with Crippen molar-refractivity contribution < 1.29 is 28.2 Å². The van der Waals surface area contributed by atoms with Gasteiger partial charge >= 0.3 is 6.09 Å². The minimum atomic E-state index is -0.579. The van der Waals surface area contributed by atoms with Crippen LogP contribution >= 0.6 is 0 Å². The predicted molar refractivity (Wildman–Crippen MR) is 132 cm³/mol. The third kappa shape index (κ3) is 6.31. The Labute approximate surface area is 209 Å². The Morgan fingerprint density at radius 1 is 1.14 bits per heavy atom. The van der Waals surface area contributed by atoms with Crippen LogP contribution < -0.4 is 20.4 Å². The summed E-state index contributed by atoms with van der Waals surface area (Å²) in [4.78, 5) is 39.0. The fourth-order valence-electron chi connectivity index (χ4n) is 4.45. The number of anilines is 2. The van der Waals surface area contributed by atoms with Crippen molar-refractivity contribution in [2.75, 3.05) is 42.6 Å². The zero-order valence-corrected chi connectivity index (χ0v) is 20.4. The number of nitrogens with one attached hydrogen (secondary N) is 2. The maximum absolute atomic E-state index is 15.1. The summed E-state index contributed by atoms with van der Waals surface area (Å²) in [5, 5.41) is 5.61. The molecule has 2 aliphatic rings. The highest BCUT2D eigenvalue weighted by Gasteiger charge is 2.34. The van der Waals surface area contributed by atoms with Crippen LogP contribution in [0.25, 0.3) is 0 Å². The summed E-state index contributed by atoms with van der Waals surface area (Å²) < 4.78 is 25.9. The molecule has 2 aliphatic heterocycles. The van der Waals surface area contributed by atoms with Crippen LogP contribution in [0, 0.1) is 11.7 Å². The molecule has 36 heavy (non-hydrogen) atoms. The van der Waals surface area contributed by atoms with Crippen LogP contribution in [0.1, 0.15) is 19.4 Å². The molecule has 2 fully saturated rings. The minimum absolute atomic E-state index is 0.0456. The molecule has 10 heteroatoms. The third-order valence-electron chi connectivity index (χ3n) is 6.34. The molecule has 2 N–H and O–H groups in total. The van der Waals surface area contributed by atoms with Crippen molar-refractivity contribution in [3.8, 4) is 0 Å². The average molecular weight is 499 g/mol. The zero-order chi connectivity index (χ0) is 25.7. The molecule has 0 aliphatic carbocycles. The quantitative estimate of drug-likeness (QED) is 0.551. The number of carbonyl (C=O) groups excluding carboxylic acids is 3. The first-order chi connectivity index (χ1) is 17.3. The van der Waals surface area contributed by atoms with Crippen LogP contribution in [-0.4, -0.2) is 62.8 Å². The number of hydrogen-bond donors (Lipinski definition) is 2. The molecular formula is C26H31FN4O5. The molecule has 0 saturated carbocycles. The van der Waals surface area contributed by atoms with Gasteiger partial charge < -0.3 is 25.0 Å². The monoisotopic (exact) mass is 498 g/mol. The van der Waals surface area contributed by atoms with E-state index in [-0.39, 0.29) is 43.5 Å². The number of cyclic esters (lactones) is 1. The van der Waals surface area contributed by atoms with Crippen LogP contribution in [0.15, 0.2) is 48.5 Å². The maximum Gasteiger partial charge on any atom is 0.414 e. The van der Waals surface area contributed by atoms with Gasteiger partial charge in [0.1, 0.15) is 18.5 Å². The van der Waals surface area contributed by atoms with E-state index in [9.17, 15) is 14.4 Å². The van der Waals surface area contributed by atoms with E-state index < -0.39 is 18.0 Å². The van der Waals surface area contributed by atoms with Gasteiger partial charge in [0.05, 0.1) is 37.1 Å². The smallest absolute Gasteiger partial charge is 0.414 e. The van der Waals surface area contributed by atoms with Gasteiger partial charge in [-0.1, -0.05) is 37.3 Å². The number of carbonyl (C=O) groups is 3. The second-order valence-corrected chi connectivity index (χ2v) is 9.22. The van der Waals surface area contributed by atoms with Gasteiger partial charge in [0.15, 0.2) is 0 Å². The van der Waals surface area contributed by atoms with E-state index in [0.717, 1.165) is 5.56 Å². The normalized spacial score (nSPS) is 21.4. The average Bonchev–Trinajstić information content (AvgIpc) is 3.40. The van der Waals surface area contributed by atoms with Crippen molar-refractivity contribution in [2.45, 2.75) is 32.6 Å². The molecule has 4 rings (SSSR count). The maximum atomic E-state index is 15.1. The largest absolute Gasteiger partial charge is 0.442 e. The Balaban J connectivity index is 1.30. The highest BCUT2D eigenvalue weighted by molar-refractivity contribution is 5.90. The Bertz CT molecular complexity index is 1100. The lowest BCUT2D eigenvalue weighted by molar-refractivity contribution is -0.127. The molecule has 2 heterocycles. The van der Waals surface area contributed by atoms with Crippen molar-refractivity contribution >= 4 is 29.3 Å². The Morgan fingerprint density at radius 2 is 1.92 bits per heavy atom. The van der Waals surface area contributed by atoms with E-state index in [1.54, 1.807) is 12.1 Å². The van der Waals surface area contributed by atoms with E-state index in [1.807, 2.05) is 42.2 Å². The van der Waals surface area contributed by atoms with Crippen molar-refractivity contribution in [1.29, 1.82) is 0 Å². The van der Waals surface area contributed by atoms with Crippen molar-refractivity contribution in [3.05, 3.63) is 59.9 Å². The lowest BCUT2D eigenvalue weighted by atomic mass is 10.1. The van der Waals surface area contributed by atoms with Crippen molar-refractivity contribution in [2.24, 2.45) is 5.92 Å². The zero-order valence-electron chi connectivity index (χ0n) is 20.4. The highest BCUT2D eigenvalue weighted by Crippen LogP contribution is 2.31. The van der Waals surface area contributed by atoms with Gasteiger partial charge in [-0.3, -0.25) is 14.5 Å². The third-order valence-corrected chi connectivity index (χ3v) is 6.34. The van der Waals surface area contributed by atoms with Gasteiger partial charge in [-0.25, -0.2) is 9.18 Å². The molecule has 2 saturated heterocycles. The summed E-state index contributed by atoms with van der Waals surface area (Å²) in [6, 6.07) is 14.1. The van der Waals surface area contributed by atoms with E-state index in [2.05, 4.69) is 10.6 Å². The van der Waals surface area contributed by atoms with E-state index in [4.69, 9.17) is 9.47 Å². The van der Waals surface area contributed by atoms with Crippen LogP contribution in [0.3, 0.4) is 0 Å². The molecule has 3 amide bonds. The highest BCUT2D eigenvalue weighted by atomic mass is 19.1. The molecule has 0 aromatic heterocycles. The first-order valence-corrected chi connectivity index (χ1v) is 12.0. The molecule has 0 unspecified atom stereocenters. The van der Waals surface area contributed by atoms with Crippen LogP contribution in [0.2, 0.25) is 0 Å². The number of halogens is 1. The van der Waals surface area contributed by atoms with Gasteiger partial charge in [-0.05, 0) is 29.7 Å². The molecule has 0 spiro atoms. The van der Waals surface area contributed by atoms with Gasteiger partial charge in [0, 0.05) is 20.0 Å². The van der Waals surface area contributed by atoms with Crippen molar-refractivity contribution in [1.82, 2.24) is 10.6 Å². The summed E-state index contributed by atoms with van der Waals surface area (Å²) in [5.74, 6) is -0.767. The molecule has 2 aromatic carbocycles. The Hall–Kier alpha value is -3.66. The molecule has 3 atom stereocenters. The topological polar surface area (TPSA) is 100 Å². The summed E-state index contributed by atoms with van der Waals surface area (Å²) in [7, 11) is 0. The fourth-order valence-corrected chi connectivity index (χ4v) is 4.45. The number of amides is 3. The van der Waals surface area contributed by atoms with Gasteiger partial charge in [-0.2, -0.15) is 0 Å². The summed E-state index contributed by atoms with van der Waals surface area (Å²) in [6.45, 7) is 5.18. The van der Waals surface area contributed by atoms with Crippen LogP contribution in [-0.2, 0) is 25.7 Å². The number of ether oxygens (including phenoxy) is 2. The van der Waals surface area contributed by atoms with E-state index in [1.165, 1.54) is 17.9 Å². The molecule has 192 valence electrons. The van der Waals surface area contributed by atoms with Gasteiger partial charge in [0.2, 0.25) is 11.8 Å². The summed E-state index contributed by atoms with van der Waals surface area (Å²) in [5.41, 5.74) is 1.79. The number of nitrogens with zero attached hydrogens (tertiary/aromatic N) is 2. The summed E-state index contributed by atoms with van der Waals surface area (Å²) >= 11 is 0. The predicted octanol–water partition coefficient (Wildman–Crippen LogP) is 2.44. The van der Waals surface area contributed by atoms with Gasteiger partial charge in [-0.15, -0.1) is 0 Å². The number of hydrogen-bond acceptors (Lipinski definition) is 6. The first-order valence-electron chi connectivity index (χ1n) is 12.0. The van der Waals surface area contributed by atoms with Crippen molar-refractivity contribution in [3.63, 3.8) is 0 Å². The standard InChI is InChI=1S/C26H31FN4O5/c1-17-12-30(14-23(17)29-25(33)16-35-15-19-6-4-3-5-7-19)24-9-8-20(10-22(24)27)31-13-21(36-26(31)34)11-28-18(2)32/h3-10,17,21,23H,11-16H2,1-2H3,(H,28,32)(H,29,33)/t17-,21-,23+/m0/s1. The van der Waals surface area contributed by atoms with E-state index in [0.29, 0.717) is 31.1 Å². The summed E-state index contributed by atoms with van der Waals surface area (Å²) in [6.07, 6.45) is -1.07. The molecule has 2 aromatic rings. The Morgan fingerprint density at radius 3 is 2.64 bits per heavy atom. The molecular weight excluding hydrogens is 467 g/mol. The van der Waals surface area contributed by atoms with Crippen LogP contribution in [0.5, 0.6) is 0 Å². The minimum Gasteiger partial charge on any atom is -0.442 e. The molecule has 0 bridgehead atoms. The fraction of sp³-hybridized carbons (Fsp3) is 0.423. The second-order valence-electron chi connectivity index (χ2n) is 9.22. The van der Waals surface area contributed by atoms with E-state index >= 15 is 4.39 Å². The second kappa shape index (κ2) is 11.4. The SMILES string of the molecule is CC(=O)NC[C@H]1CN(c2ccc(N3C[C@H](C)[C@H](NC(=O)COCc4ccccc4)C3)c(F)c2)C(=O)O1.